The second-order valence-corrected chi connectivity index (χ2v) is 3.08. The number of aromatic hydroxyl groups is 1. The molecule has 0 heterocycles. The number of benzene rings is 1. The molecule has 1 nitrogen and oxygen atoms in total. The molecule has 0 saturated carbocycles. The number of phenols is 1. The lowest BCUT2D eigenvalue weighted by molar-refractivity contribution is 0.475. The van der Waals surface area contributed by atoms with Gasteiger partial charge < -0.3 is 5.11 Å². The first-order valence-corrected chi connectivity index (χ1v) is 4.13. The zero-order chi connectivity index (χ0) is 8.97. The fraction of sp³-hybridized carbons (Fsp3) is 0.273. The maximum absolute atomic E-state index is 9.03. The molecule has 0 aliphatic rings. The summed E-state index contributed by atoms with van der Waals surface area (Å²) in [5, 5.41) is 9.03. The van der Waals surface area contributed by atoms with Gasteiger partial charge in [-0.1, -0.05) is 25.1 Å². The molecule has 1 atom stereocenters. The Hall–Kier alpha value is -1.24. The van der Waals surface area contributed by atoms with Crippen molar-refractivity contribution in [1.82, 2.24) is 0 Å². The summed E-state index contributed by atoms with van der Waals surface area (Å²) in [5.41, 5.74) is 1.24. The van der Waals surface area contributed by atoms with E-state index in [0.29, 0.717) is 11.7 Å². The van der Waals surface area contributed by atoms with Crippen LogP contribution in [0.3, 0.4) is 0 Å². The van der Waals surface area contributed by atoms with Crippen LogP contribution in [-0.4, -0.2) is 5.11 Å². The quantitative estimate of drug-likeness (QED) is 0.677. The topological polar surface area (TPSA) is 20.2 Å². The van der Waals surface area contributed by atoms with E-state index < -0.39 is 0 Å². The molecule has 1 aromatic carbocycles. The number of rotatable bonds is 3. The van der Waals surface area contributed by atoms with Crippen LogP contribution in [0.15, 0.2) is 36.9 Å². The summed E-state index contributed by atoms with van der Waals surface area (Å²) in [6, 6.07) is 7.31. The molecule has 12 heavy (non-hydrogen) atoms. The molecule has 0 spiro atoms. The van der Waals surface area contributed by atoms with Crippen LogP contribution in [0.25, 0.3) is 0 Å². The Bertz CT molecular complexity index is 248. The predicted molar refractivity (Wildman–Crippen MR) is 51.2 cm³/mol. The molecule has 64 valence electrons. The first-order chi connectivity index (χ1) is 5.72. The van der Waals surface area contributed by atoms with Crippen LogP contribution in [0.4, 0.5) is 0 Å². The Kier molecular flexibility index (Phi) is 2.92. The number of hydrogen-bond donors (Lipinski definition) is 1. The first kappa shape index (κ1) is 8.85. The lowest BCUT2D eigenvalue weighted by atomic mass is 10.0. The molecular weight excluding hydrogens is 148 g/mol. The second-order valence-electron chi connectivity index (χ2n) is 3.08. The van der Waals surface area contributed by atoms with Gasteiger partial charge in [-0.25, -0.2) is 0 Å². The molecule has 1 N–H and O–H groups in total. The smallest absolute Gasteiger partial charge is 0.115 e. The van der Waals surface area contributed by atoms with E-state index in [4.69, 9.17) is 5.11 Å². The van der Waals surface area contributed by atoms with Crippen LogP contribution in [0.5, 0.6) is 5.75 Å². The van der Waals surface area contributed by atoms with Crippen LogP contribution in [-0.2, 0) is 6.42 Å². The lowest BCUT2D eigenvalue weighted by Gasteiger charge is -2.04. The van der Waals surface area contributed by atoms with Crippen molar-refractivity contribution < 1.29 is 5.11 Å². The highest BCUT2D eigenvalue weighted by molar-refractivity contribution is 5.26. The van der Waals surface area contributed by atoms with Gasteiger partial charge >= 0.3 is 0 Å². The van der Waals surface area contributed by atoms with Crippen molar-refractivity contribution in [3.8, 4) is 5.75 Å². The summed E-state index contributed by atoms with van der Waals surface area (Å²) in [4.78, 5) is 0. The van der Waals surface area contributed by atoms with Gasteiger partial charge in [0, 0.05) is 0 Å². The van der Waals surface area contributed by atoms with Gasteiger partial charge in [0.15, 0.2) is 0 Å². The first-order valence-electron chi connectivity index (χ1n) is 4.13. The third kappa shape index (κ3) is 2.42. The maximum atomic E-state index is 9.03. The third-order valence-electron chi connectivity index (χ3n) is 1.90. The van der Waals surface area contributed by atoms with Crippen molar-refractivity contribution >= 4 is 0 Å². The summed E-state index contributed by atoms with van der Waals surface area (Å²) in [7, 11) is 0. The van der Waals surface area contributed by atoms with Crippen LogP contribution < -0.4 is 0 Å². The number of phenolic OH excluding ortho intramolecular Hbond substituents is 1. The molecule has 0 bridgehead atoms. The summed E-state index contributed by atoms with van der Waals surface area (Å²) in [5.74, 6) is 0.819. The minimum absolute atomic E-state index is 0.324. The fourth-order valence-corrected chi connectivity index (χ4v) is 1.09. The average Bonchev–Trinajstić information content (AvgIpc) is 2.09. The molecule has 1 aromatic rings. The molecule has 0 amide bonds. The van der Waals surface area contributed by atoms with Gasteiger partial charge in [-0.2, -0.15) is 0 Å². The summed E-state index contributed by atoms with van der Waals surface area (Å²) < 4.78 is 0. The molecule has 1 heteroatoms. The van der Waals surface area contributed by atoms with Gasteiger partial charge in [-0.15, -0.1) is 6.58 Å². The standard InChI is InChI=1S/C11H14O/c1-3-9(2)8-10-4-6-11(12)7-5-10/h3-7,9,12H,1,8H2,2H3/t9-/m1/s1. The van der Waals surface area contributed by atoms with Gasteiger partial charge in [0.2, 0.25) is 0 Å². The molecule has 0 fully saturated rings. The van der Waals surface area contributed by atoms with E-state index in [9.17, 15) is 0 Å². The molecule has 0 aromatic heterocycles. The molecule has 0 saturated heterocycles. The SMILES string of the molecule is C=C[C@@H](C)Cc1ccc(O)cc1. The number of allylic oxidation sites excluding steroid dienone is 1. The van der Waals surface area contributed by atoms with Crippen molar-refractivity contribution in [1.29, 1.82) is 0 Å². The van der Waals surface area contributed by atoms with Crippen LogP contribution >= 0.6 is 0 Å². The summed E-state index contributed by atoms with van der Waals surface area (Å²) in [6.07, 6.45) is 2.93. The average molecular weight is 162 g/mol. The molecule has 0 radical (unpaired) electrons. The lowest BCUT2D eigenvalue weighted by Crippen LogP contribution is -1.94. The minimum atomic E-state index is 0.324. The van der Waals surface area contributed by atoms with Crippen molar-refractivity contribution in [2.75, 3.05) is 0 Å². The van der Waals surface area contributed by atoms with Crippen molar-refractivity contribution in [2.45, 2.75) is 13.3 Å². The van der Waals surface area contributed by atoms with Crippen molar-refractivity contribution in [2.24, 2.45) is 5.92 Å². The maximum Gasteiger partial charge on any atom is 0.115 e. The fourth-order valence-electron chi connectivity index (χ4n) is 1.09. The third-order valence-corrected chi connectivity index (χ3v) is 1.90. The van der Waals surface area contributed by atoms with Gasteiger partial charge in [-0.05, 0) is 30.0 Å². The Balaban J connectivity index is 2.64. The van der Waals surface area contributed by atoms with Gasteiger partial charge in [-0.3, -0.25) is 0 Å². The van der Waals surface area contributed by atoms with E-state index in [1.807, 2.05) is 18.2 Å². The highest BCUT2D eigenvalue weighted by Crippen LogP contribution is 2.13. The Labute approximate surface area is 73.4 Å². The largest absolute Gasteiger partial charge is 0.508 e. The van der Waals surface area contributed by atoms with E-state index in [1.165, 1.54) is 5.56 Å². The Morgan fingerprint density at radius 1 is 1.42 bits per heavy atom. The Morgan fingerprint density at radius 3 is 2.50 bits per heavy atom. The van der Waals surface area contributed by atoms with E-state index in [2.05, 4.69) is 13.5 Å². The zero-order valence-corrected chi connectivity index (χ0v) is 7.33. The Morgan fingerprint density at radius 2 is 2.00 bits per heavy atom. The van der Waals surface area contributed by atoms with E-state index in [-0.39, 0.29) is 0 Å². The van der Waals surface area contributed by atoms with Gasteiger partial charge in [0.1, 0.15) is 5.75 Å². The number of hydrogen-bond acceptors (Lipinski definition) is 1. The summed E-state index contributed by atoms with van der Waals surface area (Å²) >= 11 is 0. The van der Waals surface area contributed by atoms with Gasteiger partial charge in [0.25, 0.3) is 0 Å². The normalized spacial score (nSPS) is 12.4. The van der Waals surface area contributed by atoms with Crippen molar-refractivity contribution in [3.05, 3.63) is 42.5 Å². The highest BCUT2D eigenvalue weighted by Gasteiger charge is 1.98. The van der Waals surface area contributed by atoms with E-state index in [1.54, 1.807) is 12.1 Å². The van der Waals surface area contributed by atoms with Crippen LogP contribution in [0.2, 0.25) is 0 Å². The molecule has 1 rings (SSSR count). The van der Waals surface area contributed by atoms with Crippen LogP contribution in [0.1, 0.15) is 12.5 Å². The molecule has 0 aliphatic carbocycles. The predicted octanol–water partition coefficient (Wildman–Crippen LogP) is 2.76. The zero-order valence-electron chi connectivity index (χ0n) is 7.33. The minimum Gasteiger partial charge on any atom is -0.508 e. The second kappa shape index (κ2) is 3.96. The monoisotopic (exact) mass is 162 g/mol. The van der Waals surface area contributed by atoms with Crippen LogP contribution in [0, 0.1) is 5.92 Å². The molecule has 0 aliphatic heterocycles. The van der Waals surface area contributed by atoms with Crippen molar-refractivity contribution in [3.63, 3.8) is 0 Å². The summed E-state index contributed by atoms with van der Waals surface area (Å²) in [6.45, 7) is 5.85. The van der Waals surface area contributed by atoms with Gasteiger partial charge in [0.05, 0.1) is 0 Å². The van der Waals surface area contributed by atoms with E-state index in [0.717, 1.165) is 6.42 Å². The molecular formula is C11H14O. The highest BCUT2D eigenvalue weighted by atomic mass is 16.3. The van der Waals surface area contributed by atoms with E-state index >= 15 is 0 Å². The molecule has 0 unspecified atom stereocenters.